The lowest BCUT2D eigenvalue weighted by Gasteiger charge is -2.11. The molecule has 2 heterocycles. The van der Waals surface area contributed by atoms with Crippen LogP contribution in [0, 0.1) is 17.0 Å². The van der Waals surface area contributed by atoms with Crippen molar-refractivity contribution in [3.05, 3.63) is 58.1 Å². The number of nitrogens with one attached hydrogen (secondary N) is 2. The Balaban J connectivity index is 1.52. The number of aromatic nitrogens is 3. The predicted octanol–water partition coefficient (Wildman–Crippen LogP) is 2.69. The number of nitro benzene ring substituents is 1. The summed E-state index contributed by atoms with van der Waals surface area (Å²) < 4.78 is 6.51. The first-order valence-corrected chi connectivity index (χ1v) is 9.32. The highest BCUT2D eigenvalue weighted by atomic mass is 16.6. The number of carbonyl (C=O) groups is 2. The van der Waals surface area contributed by atoms with Gasteiger partial charge >= 0.3 is 0 Å². The Hall–Kier alpha value is -4.28. The summed E-state index contributed by atoms with van der Waals surface area (Å²) in [7, 11) is 1.57. The van der Waals surface area contributed by atoms with Crippen molar-refractivity contribution in [1.82, 2.24) is 14.8 Å². The van der Waals surface area contributed by atoms with Gasteiger partial charge in [-0.15, -0.1) is 5.10 Å². The summed E-state index contributed by atoms with van der Waals surface area (Å²) in [5, 5.41) is 20.6. The lowest BCUT2D eigenvalue weighted by molar-refractivity contribution is -0.384. The van der Waals surface area contributed by atoms with E-state index in [0.717, 1.165) is 5.56 Å². The first kappa shape index (κ1) is 20.0. The summed E-state index contributed by atoms with van der Waals surface area (Å²) in [4.78, 5) is 39.7. The number of methoxy groups -OCH3 is 1. The summed E-state index contributed by atoms with van der Waals surface area (Å²) in [6.07, 6.45) is -0.202. The second-order valence-corrected chi connectivity index (χ2v) is 6.95. The first-order valence-electron chi connectivity index (χ1n) is 9.32. The molecule has 1 aliphatic heterocycles. The third-order valence-corrected chi connectivity index (χ3v) is 4.90. The monoisotopic (exact) mass is 422 g/mol. The zero-order valence-electron chi connectivity index (χ0n) is 16.7. The molecule has 0 saturated carbocycles. The Kier molecular flexibility index (Phi) is 5.07. The van der Waals surface area contributed by atoms with Crippen LogP contribution in [0.25, 0.3) is 11.4 Å². The van der Waals surface area contributed by atoms with Crippen LogP contribution < -0.4 is 15.4 Å². The minimum Gasteiger partial charge on any atom is -0.497 e. The van der Waals surface area contributed by atoms with Gasteiger partial charge in [0.25, 0.3) is 11.6 Å². The fourth-order valence-electron chi connectivity index (χ4n) is 3.21. The molecule has 0 radical (unpaired) electrons. The minimum absolute atomic E-state index is 0.137. The number of hydrogen-bond donors (Lipinski definition) is 2. The second-order valence-electron chi connectivity index (χ2n) is 6.95. The first-order chi connectivity index (χ1) is 14.9. The van der Waals surface area contributed by atoms with Crippen molar-refractivity contribution in [3.8, 4) is 17.1 Å². The molecule has 11 heteroatoms. The smallest absolute Gasteiger partial charge is 0.271 e. The largest absolute Gasteiger partial charge is 0.497 e. The van der Waals surface area contributed by atoms with Crippen LogP contribution in [0.3, 0.4) is 0 Å². The number of amides is 2. The van der Waals surface area contributed by atoms with Crippen LogP contribution in [-0.4, -0.2) is 38.6 Å². The van der Waals surface area contributed by atoms with Crippen LogP contribution in [0.15, 0.2) is 42.5 Å². The molecule has 2 aromatic carbocycles. The van der Waals surface area contributed by atoms with Crippen LogP contribution in [0.1, 0.15) is 18.0 Å². The molecule has 11 nitrogen and oxygen atoms in total. The third kappa shape index (κ3) is 3.92. The summed E-state index contributed by atoms with van der Waals surface area (Å²) in [5.41, 5.74) is 1.57. The maximum absolute atomic E-state index is 12.6. The molecule has 0 spiro atoms. The van der Waals surface area contributed by atoms with Gasteiger partial charge in [0.1, 0.15) is 11.8 Å². The quantitative estimate of drug-likeness (QED) is 0.459. The molecule has 0 aliphatic carbocycles. The molecule has 158 valence electrons. The molecule has 1 aliphatic rings. The molecule has 2 amide bonds. The molecule has 0 saturated heterocycles. The molecule has 0 fully saturated rings. The molecule has 3 aromatic rings. The van der Waals surface area contributed by atoms with E-state index in [1.165, 1.54) is 16.8 Å². The van der Waals surface area contributed by atoms with Crippen LogP contribution >= 0.6 is 0 Å². The number of nitro groups is 1. The van der Waals surface area contributed by atoms with E-state index in [1.807, 2.05) is 0 Å². The molecule has 0 unspecified atom stereocenters. The van der Waals surface area contributed by atoms with Gasteiger partial charge in [0.15, 0.2) is 5.82 Å². The van der Waals surface area contributed by atoms with Crippen molar-refractivity contribution in [2.45, 2.75) is 19.4 Å². The van der Waals surface area contributed by atoms with E-state index in [1.54, 1.807) is 44.4 Å². The number of rotatable bonds is 6. The van der Waals surface area contributed by atoms with Crippen molar-refractivity contribution in [2.24, 2.45) is 0 Å². The van der Waals surface area contributed by atoms with Crippen LogP contribution in [-0.2, 0) is 9.59 Å². The highest BCUT2D eigenvalue weighted by Gasteiger charge is 2.35. The average molecular weight is 422 g/mol. The number of benzene rings is 2. The Morgan fingerprint density at radius 2 is 2.03 bits per heavy atom. The van der Waals surface area contributed by atoms with Gasteiger partial charge in [0.05, 0.1) is 24.1 Å². The van der Waals surface area contributed by atoms with Gasteiger partial charge in [-0.3, -0.25) is 25.0 Å². The number of ether oxygens (including phenoxy) is 1. The van der Waals surface area contributed by atoms with Crippen LogP contribution in [0.5, 0.6) is 5.75 Å². The molecular formula is C20H18N6O5. The molecule has 1 aromatic heterocycles. The van der Waals surface area contributed by atoms with Crippen LogP contribution in [0.4, 0.5) is 17.3 Å². The van der Waals surface area contributed by atoms with E-state index in [-0.39, 0.29) is 18.1 Å². The predicted molar refractivity (Wildman–Crippen MR) is 111 cm³/mol. The standard InChI is InChI=1S/C20H18N6O5/c1-11-3-6-13(26(29)30)9-15(11)21-17(27)10-16-19(28)23-20-22-18(24-25(16)20)12-4-7-14(31-2)8-5-12/h3-9,16H,10H2,1-2H3,(H,21,27)(H,22,23,24,28)/t16-/m1/s1. The number of hydrogen-bond acceptors (Lipinski definition) is 7. The Morgan fingerprint density at radius 1 is 1.29 bits per heavy atom. The molecular weight excluding hydrogens is 404 g/mol. The number of anilines is 2. The molecule has 1 atom stereocenters. The lowest BCUT2D eigenvalue weighted by Crippen LogP contribution is -2.24. The SMILES string of the molecule is COc1ccc(-c2nc3n(n2)[C@H](CC(=O)Nc2cc([N+](=O)[O-])ccc2C)C(=O)N3)cc1. The zero-order valence-corrected chi connectivity index (χ0v) is 16.7. The summed E-state index contributed by atoms with van der Waals surface area (Å²) in [6.45, 7) is 1.72. The number of carbonyl (C=O) groups excluding carboxylic acids is 2. The summed E-state index contributed by atoms with van der Waals surface area (Å²) in [5.74, 6) is 0.466. The normalized spacial score (nSPS) is 14.6. The topological polar surface area (TPSA) is 141 Å². The van der Waals surface area contributed by atoms with Crippen molar-refractivity contribution >= 4 is 29.1 Å². The Bertz CT molecular complexity index is 1190. The summed E-state index contributed by atoms with van der Waals surface area (Å²) >= 11 is 0. The number of fused-ring (bicyclic) bond motifs is 1. The van der Waals surface area contributed by atoms with Crippen molar-refractivity contribution in [2.75, 3.05) is 17.7 Å². The van der Waals surface area contributed by atoms with Crippen molar-refractivity contribution in [3.63, 3.8) is 0 Å². The highest BCUT2D eigenvalue weighted by Crippen LogP contribution is 2.29. The van der Waals surface area contributed by atoms with Gasteiger partial charge in [-0.2, -0.15) is 4.98 Å². The lowest BCUT2D eigenvalue weighted by atomic mass is 10.1. The molecule has 0 bridgehead atoms. The molecule has 31 heavy (non-hydrogen) atoms. The minimum atomic E-state index is -0.881. The van der Waals surface area contributed by atoms with E-state index in [2.05, 4.69) is 20.7 Å². The average Bonchev–Trinajstić information content (AvgIpc) is 3.28. The maximum Gasteiger partial charge on any atom is 0.271 e. The number of aryl methyl sites for hydroxylation is 1. The van der Waals surface area contributed by atoms with E-state index < -0.39 is 22.8 Å². The van der Waals surface area contributed by atoms with E-state index in [4.69, 9.17) is 4.74 Å². The molecule has 4 rings (SSSR count). The van der Waals surface area contributed by atoms with Gasteiger partial charge in [0, 0.05) is 17.7 Å². The maximum atomic E-state index is 12.6. The number of nitrogens with zero attached hydrogens (tertiary/aromatic N) is 4. The van der Waals surface area contributed by atoms with E-state index in [9.17, 15) is 19.7 Å². The van der Waals surface area contributed by atoms with Gasteiger partial charge in [-0.1, -0.05) is 6.07 Å². The van der Waals surface area contributed by atoms with Gasteiger partial charge in [0.2, 0.25) is 11.9 Å². The van der Waals surface area contributed by atoms with Crippen molar-refractivity contribution < 1.29 is 19.2 Å². The fourth-order valence-corrected chi connectivity index (χ4v) is 3.21. The van der Waals surface area contributed by atoms with Gasteiger partial charge < -0.3 is 10.1 Å². The van der Waals surface area contributed by atoms with E-state index >= 15 is 0 Å². The van der Waals surface area contributed by atoms with Crippen LogP contribution in [0.2, 0.25) is 0 Å². The van der Waals surface area contributed by atoms with Gasteiger partial charge in [-0.25, -0.2) is 4.68 Å². The summed E-state index contributed by atoms with van der Waals surface area (Å²) in [6, 6.07) is 10.4. The second kappa shape index (κ2) is 7.86. The van der Waals surface area contributed by atoms with Crippen molar-refractivity contribution in [1.29, 1.82) is 0 Å². The number of non-ortho nitro benzene ring substituents is 1. The fraction of sp³-hybridized carbons (Fsp3) is 0.200. The third-order valence-electron chi connectivity index (χ3n) is 4.90. The van der Waals surface area contributed by atoms with E-state index in [0.29, 0.717) is 22.8 Å². The van der Waals surface area contributed by atoms with Gasteiger partial charge in [-0.05, 0) is 36.8 Å². The highest BCUT2D eigenvalue weighted by molar-refractivity contribution is 6.01. The Labute approximate surface area is 176 Å². The molecule has 2 N–H and O–H groups in total. The Morgan fingerprint density at radius 3 is 2.71 bits per heavy atom. The zero-order chi connectivity index (χ0) is 22.1.